The predicted molar refractivity (Wildman–Crippen MR) is 55.1 cm³/mol. The Hall–Kier alpha value is -1.29. The number of nitrogens with zero attached hydrogens (tertiary/aromatic N) is 1. The Kier molecular flexibility index (Phi) is 3.71. The molecule has 78 valence electrons. The van der Waals surface area contributed by atoms with E-state index in [2.05, 4.69) is 0 Å². The Morgan fingerprint density at radius 2 is 2.29 bits per heavy atom. The van der Waals surface area contributed by atoms with Crippen LogP contribution in [0.1, 0.15) is 18.6 Å². The van der Waals surface area contributed by atoms with Gasteiger partial charge in [0.15, 0.2) is 0 Å². The minimum Gasteiger partial charge on any atom is -0.445 e. The molecule has 1 heterocycles. The molecule has 0 spiro atoms. The van der Waals surface area contributed by atoms with Gasteiger partial charge in [-0.1, -0.05) is 0 Å². The molecule has 0 saturated heterocycles. The van der Waals surface area contributed by atoms with E-state index in [4.69, 9.17) is 10.2 Å². The summed E-state index contributed by atoms with van der Waals surface area (Å²) < 4.78 is 5.32. The number of aryl methyl sites for hydroxylation is 1. The van der Waals surface area contributed by atoms with Crippen LogP contribution >= 0.6 is 0 Å². The molecular formula is C10H16N2O2. The van der Waals surface area contributed by atoms with Gasteiger partial charge in [-0.25, -0.2) is 0 Å². The fraction of sp³-hybridized carbons (Fsp3) is 0.500. The largest absolute Gasteiger partial charge is 0.445 e. The van der Waals surface area contributed by atoms with Crippen LogP contribution in [0.25, 0.3) is 0 Å². The van der Waals surface area contributed by atoms with Gasteiger partial charge in [-0.05, 0) is 26.0 Å². The normalized spacial score (nSPS) is 10.2. The highest BCUT2D eigenvalue weighted by Crippen LogP contribution is 2.17. The van der Waals surface area contributed by atoms with Gasteiger partial charge < -0.3 is 10.2 Å². The number of hydrogen-bond donors (Lipinski definition) is 1. The molecule has 0 unspecified atom stereocenters. The van der Waals surface area contributed by atoms with Crippen molar-refractivity contribution >= 4 is 11.8 Å². The van der Waals surface area contributed by atoms with Crippen molar-refractivity contribution in [2.45, 2.75) is 19.8 Å². The van der Waals surface area contributed by atoms with E-state index in [1.54, 1.807) is 13.1 Å². The van der Waals surface area contributed by atoms with Crippen LogP contribution < -0.4 is 10.6 Å². The van der Waals surface area contributed by atoms with Crippen LogP contribution in [0.15, 0.2) is 16.5 Å². The summed E-state index contributed by atoms with van der Waals surface area (Å²) in [7, 11) is 1.71. The summed E-state index contributed by atoms with van der Waals surface area (Å²) in [6.07, 6.45) is 1.18. The maximum Gasteiger partial charge on any atom is 0.229 e. The molecule has 4 nitrogen and oxygen atoms in total. The number of furan rings is 1. The molecule has 4 heteroatoms. The van der Waals surface area contributed by atoms with E-state index in [1.807, 2.05) is 13.0 Å². The molecule has 0 aromatic carbocycles. The fourth-order valence-electron chi connectivity index (χ4n) is 1.15. The van der Waals surface area contributed by atoms with E-state index in [1.165, 1.54) is 4.90 Å². The summed E-state index contributed by atoms with van der Waals surface area (Å²) in [5.41, 5.74) is 5.33. The summed E-state index contributed by atoms with van der Waals surface area (Å²) in [5.74, 6) is 1.42. The molecule has 2 N–H and O–H groups in total. The van der Waals surface area contributed by atoms with Crippen LogP contribution in [0, 0.1) is 6.92 Å². The summed E-state index contributed by atoms with van der Waals surface area (Å²) >= 11 is 0. The van der Waals surface area contributed by atoms with E-state index < -0.39 is 0 Å². The highest BCUT2D eigenvalue weighted by Gasteiger charge is 2.12. The summed E-state index contributed by atoms with van der Waals surface area (Å²) in [6.45, 7) is 2.39. The molecule has 1 amide bonds. The lowest BCUT2D eigenvalue weighted by atomic mass is 10.3. The van der Waals surface area contributed by atoms with E-state index in [0.717, 1.165) is 5.76 Å². The first-order valence-corrected chi connectivity index (χ1v) is 4.68. The summed E-state index contributed by atoms with van der Waals surface area (Å²) in [5, 5.41) is 0. The zero-order valence-electron chi connectivity index (χ0n) is 8.62. The quantitative estimate of drug-likeness (QED) is 0.789. The minimum atomic E-state index is 0.0322. The molecule has 0 fully saturated rings. The molecule has 0 aliphatic rings. The van der Waals surface area contributed by atoms with Gasteiger partial charge >= 0.3 is 0 Å². The number of anilines is 1. The Morgan fingerprint density at radius 1 is 1.57 bits per heavy atom. The molecule has 0 bridgehead atoms. The number of rotatable bonds is 4. The zero-order chi connectivity index (χ0) is 10.6. The van der Waals surface area contributed by atoms with Crippen molar-refractivity contribution in [3.63, 3.8) is 0 Å². The SMILES string of the molecule is Cc1ccc(N(C)C(=O)CCCN)o1. The maximum absolute atomic E-state index is 11.5. The number of nitrogens with two attached hydrogens (primary N) is 1. The standard InChI is InChI=1S/C10H16N2O2/c1-8-5-6-10(14-8)12(2)9(13)4-3-7-11/h5-6H,3-4,7,11H2,1-2H3. The maximum atomic E-state index is 11.5. The van der Waals surface area contributed by atoms with Crippen LogP contribution in [0.2, 0.25) is 0 Å². The monoisotopic (exact) mass is 196 g/mol. The first-order chi connectivity index (χ1) is 6.65. The smallest absolute Gasteiger partial charge is 0.229 e. The number of carbonyl (C=O) groups is 1. The van der Waals surface area contributed by atoms with E-state index in [9.17, 15) is 4.79 Å². The second kappa shape index (κ2) is 4.81. The molecule has 1 rings (SSSR count). The molecule has 0 radical (unpaired) electrons. The van der Waals surface area contributed by atoms with Crippen molar-refractivity contribution in [1.82, 2.24) is 0 Å². The first kappa shape index (κ1) is 10.8. The summed E-state index contributed by atoms with van der Waals surface area (Å²) in [4.78, 5) is 13.0. The van der Waals surface area contributed by atoms with Gasteiger partial charge in [0.2, 0.25) is 11.8 Å². The Balaban J connectivity index is 2.56. The minimum absolute atomic E-state index is 0.0322. The molecule has 0 saturated carbocycles. The van der Waals surface area contributed by atoms with Crippen molar-refractivity contribution in [3.8, 4) is 0 Å². The van der Waals surface area contributed by atoms with E-state index in [-0.39, 0.29) is 5.91 Å². The van der Waals surface area contributed by atoms with Crippen molar-refractivity contribution < 1.29 is 9.21 Å². The van der Waals surface area contributed by atoms with Crippen molar-refractivity contribution in [3.05, 3.63) is 17.9 Å². The first-order valence-electron chi connectivity index (χ1n) is 4.68. The second-order valence-corrected chi connectivity index (χ2v) is 3.23. The van der Waals surface area contributed by atoms with E-state index >= 15 is 0 Å². The molecule has 1 aromatic heterocycles. The van der Waals surface area contributed by atoms with Gasteiger partial charge in [-0.2, -0.15) is 0 Å². The number of hydrogen-bond acceptors (Lipinski definition) is 3. The Labute approximate surface area is 83.7 Å². The average molecular weight is 196 g/mol. The Bertz CT molecular complexity index is 307. The molecule has 14 heavy (non-hydrogen) atoms. The predicted octanol–water partition coefficient (Wildman–Crippen LogP) is 1.29. The number of carbonyl (C=O) groups excluding carboxylic acids is 1. The molecule has 0 atom stereocenters. The van der Waals surface area contributed by atoms with Gasteiger partial charge in [0, 0.05) is 19.5 Å². The second-order valence-electron chi connectivity index (χ2n) is 3.23. The third-order valence-electron chi connectivity index (χ3n) is 2.03. The molecule has 1 aromatic rings. The highest BCUT2D eigenvalue weighted by atomic mass is 16.4. The van der Waals surface area contributed by atoms with Crippen LogP contribution in [0.3, 0.4) is 0 Å². The van der Waals surface area contributed by atoms with Crippen molar-refractivity contribution in [1.29, 1.82) is 0 Å². The fourth-order valence-corrected chi connectivity index (χ4v) is 1.15. The zero-order valence-corrected chi connectivity index (χ0v) is 8.62. The van der Waals surface area contributed by atoms with Gasteiger partial charge in [0.05, 0.1) is 0 Å². The van der Waals surface area contributed by atoms with Gasteiger partial charge in [0.25, 0.3) is 0 Å². The van der Waals surface area contributed by atoms with Gasteiger partial charge in [-0.3, -0.25) is 9.69 Å². The third-order valence-corrected chi connectivity index (χ3v) is 2.03. The lowest BCUT2D eigenvalue weighted by molar-refractivity contribution is -0.118. The van der Waals surface area contributed by atoms with Gasteiger partial charge in [0.1, 0.15) is 5.76 Å². The summed E-state index contributed by atoms with van der Waals surface area (Å²) in [6, 6.07) is 3.62. The van der Waals surface area contributed by atoms with Crippen LogP contribution in [0.4, 0.5) is 5.88 Å². The molecule has 0 aliphatic heterocycles. The number of amides is 1. The topological polar surface area (TPSA) is 59.5 Å². The third kappa shape index (κ3) is 2.60. The van der Waals surface area contributed by atoms with Gasteiger partial charge in [-0.15, -0.1) is 0 Å². The van der Waals surface area contributed by atoms with E-state index in [0.29, 0.717) is 25.3 Å². The lowest BCUT2D eigenvalue weighted by Gasteiger charge is -2.13. The Morgan fingerprint density at radius 3 is 2.79 bits per heavy atom. The van der Waals surface area contributed by atoms with Crippen LogP contribution in [-0.2, 0) is 4.79 Å². The van der Waals surface area contributed by atoms with Crippen molar-refractivity contribution in [2.24, 2.45) is 5.73 Å². The van der Waals surface area contributed by atoms with Crippen LogP contribution in [-0.4, -0.2) is 19.5 Å². The highest BCUT2D eigenvalue weighted by molar-refractivity contribution is 5.91. The molecular weight excluding hydrogens is 180 g/mol. The lowest BCUT2D eigenvalue weighted by Crippen LogP contribution is -2.26. The van der Waals surface area contributed by atoms with Crippen molar-refractivity contribution in [2.75, 3.05) is 18.5 Å². The van der Waals surface area contributed by atoms with Crippen LogP contribution in [0.5, 0.6) is 0 Å². The molecule has 0 aliphatic carbocycles. The average Bonchev–Trinajstić information content (AvgIpc) is 2.60.